The Balaban J connectivity index is 2.58. The third-order valence-corrected chi connectivity index (χ3v) is 3.56. The average Bonchev–Trinajstić information content (AvgIpc) is 2.16. The standard InChI is InChI=1S/C13H16O2S/c1-12(2)11-16(14,15)10-6-9-13-7-4-3-5-8-13/h3-9H,1,10-11H2,2H3/b9-6+. The van der Waals surface area contributed by atoms with Crippen molar-refractivity contribution in [2.24, 2.45) is 0 Å². The van der Waals surface area contributed by atoms with Crippen LogP contribution in [0.3, 0.4) is 0 Å². The van der Waals surface area contributed by atoms with Crippen LogP contribution in [0.25, 0.3) is 6.08 Å². The second kappa shape index (κ2) is 5.66. The molecule has 0 unspecified atom stereocenters. The number of rotatable bonds is 5. The largest absolute Gasteiger partial charge is 0.228 e. The molecule has 0 radical (unpaired) electrons. The molecule has 0 spiro atoms. The van der Waals surface area contributed by atoms with Crippen LogP contribution in [0.1, 0.15) is 12.5 Å². The first-order chi connectivity index (χ1) is 7.49. The van der Waals surface area contributed by atoms with Crippen LogP contribution in [0.5, 0.6) is 0 Å². The van der Waals surface area contributed by atoms with Crippen LogP contribution in [0.2, 0.25) is 0 Å². The summed E-state index contributed by atoms with van der Waals surface area (Å²) in [6, 6.07) is 9.63. The van der Waals surface area contributed by atoms with Gasteiger partial charge in [0.2, 0.25) is 0 Å². The summed E-state index contributed by atoms with van der Waals surface area (Å²) in [4.78, 5) is 0. The Hall–Kier alpha value is -1.35. The average molecular weight is 236 g/mol. The molecular weight excluding hydrogens is 220 g/mol. The lowest BCUT2D eigenvalue weighted by molar-refractivity contribution is 0.601. The molecule has 0 aliphatic carbocycles. The van der Waals surface area contributed by atoms with Gasteiger partial charge in [-0.1, -0.05) is 54.6 Å². The van der Waals surface area contributed by atoms with Crippen molar-refractivity contribution in [2.75, 3.05) is 11.5 Å². The minimum absolute atomic E-state index is 0.0616. The van der Waals surface area contributed by atoms with Crippen molar-refractivity contribution in [3.63, 3.8) is 0 Å². The first-order valence-corrected chi connectivity index (χ1v) is 6.88. The Morgan fingerprint density at radius 2 is 1.94 bits per heavy atom. The summed E-state index contributed by atoms with van der Waals surface area (Å²) in [5.74, 6) is 0.126. The van der Waals surface area contributed by atoms with Gasteiger partial charge in [-0.3, -0.25) is 0 Å². The first kappa shape index (κ1) is 12.7. The van der Waals surface area contributed by atoms with E-state index in [1.54, 1.807) is 13.0 Å². The molecule has 0 saturated carbocycles. The molecule has 0 N–H and O–H groups in total. The normalized spacial score (nSPS) is 11.8. The van der Waals surface area contributed by atoms with Crippen molar-refractivity contribution in [1.82, 2.24) is 0 Å². The molecule has 0 aliphatic rings. The highest BCUT2D eigenvalue weighted by Gasteiger charge is 2.07. The molecule has 86 valence electrons. The summed E-state index contributed by atoms with van der Waals surface area (Å²) in [7, 11) is -3.04. The van der Waals surface area contributed by atoms with Gasteiger partial charge >= 0.3 is 0 Å². The van der Waals surface area contributed by atoms with Crippen LogP contribution in [-0.4, -0.2) is 19.9 Å². The third kappa shape index (κ3) is 4.94. The van der Waals surface area contributed by atoms with E-state index in [0.717, 1.165) is 5.56 Å². The topological polar surface area (TPSA) is 34.1 Å². The van der Waals surface area contributed by atoms with Gasteiger partial charge in [-0.15, -0.1) is 0 Å². The minimum Gasteiger partial charge on any atom is -0.228 e. The maximum atomic E-state index is 11.5. The third-order valence-electron chi connectivity index (χ3n) is 1.93. The Morgan fingerprint density at radius 1 is 1.31 bits per heavy atom. The predicted molar refractivity (Wildman–Crippen MR) is 68.9 cm³/mol. The zero-order valence-corrected chi connectivity index (χ0v) is 10.2. The van der Waals surface area contributed by atoms with Gasteiger partial charge in [0.05, 0.1) is 11.5 Å². The van der Waals surface area contributed by atoms with Crippen molar-refractivity contribution in [3.8, 4) is 0 Å². The molecule has 0 atom stereocenters. The monoisotopic (exact) mass is 236 g/mol. The van der Waals surface area contributed by atoms with Crippen molar-refractivity contribution in [3.05, 3.63) is 54.1 Å². The molecule has 2 nitrogen and oxygen atoms in total. The van der Waals surface area contributed by atoms with Gasteiger partial charge in [-0.05, 0) is 12.5 Å². The lowest BCUT2D eigenvalue weighted by Crippen LogP contribution is -2.09. The van der Waals surface area contributed by atoms with Gasteiger partial charge < -0.3 is 0 Å². The molecule has 16 heavy (non-hydrogen) atoms. The number of benzene rings is 1. The van der Waals surface area contributed by atoms with E-state index >= 15 is 0 Å². The Bertz CT molecular complexity index is 470. The fourth-order valence-corrected chi connectivity index (χ4v) is 2.59. The number of hydrogen-bond donors (Lipinski definition) is 0. The van der Waals surface area contributed by atoms with Gasteiger partial charge in [0.1, 0.15) is 0 Å². The van der Waals surface area contributed by atoms with Crippen molar-refractivity contribution in [2.45, 2.75) is 6.92 Å². The molecule has 1 rings (SSSR count). The Kier molecular flexibility index (Phi) is 4.50. The molecule has 0 fully saturated rings. The maximum Gasteiger partial charge on any atom is 0.157 e. The SMILES string of the molecule is C=C(C)CS(=O)(=O)C/C=C/c1ccccc1. The molecule has 0 aliphatic heterocycles. The predicted octanol–water partition coefficient (Wildman–Crippen LogP) is 2.69. The summed E-state index contributed by atoms with van der Waals surface area (Å²) in [5.41, 5.74) is 1.68. The van der Waals surface area contributed by atoms with Crippen LogP contribution in [0.15, 0.2) is 48.6 Å². The summed E-state index contributed by atoms with van der Waals surface area (Å²) < 4.78 is 23.0. The van der Waals surface area contributed by atoms with Crippen LogP contribution >= 0.6 is 0 Å². The first-order valence-electron chi connectivity index (χ1n) is 5.06. The summed E-state index contributed by atoms with van der Waals surface area (Å²) in [6.07, 6.45) is 3.49. The van der Waals surface area contributed by atoms with Crippen LogP contribution in [0.4, 0.5) is 0 Å². The van der Waals surface area contributed by atoms with E-state index in [-0.39, 0.29) is 11.5 Å². The molecule has 3 heteroatoms. The van der Waals surface area contributed by atoms with Crippen molar-refractivity contribution < 1.29 is 8.42 Å². The second-order valence-corrected chi connectivity index (χ2v) is 5.93. The van der Waals surface area contributed by atoms with Gasteiger partial charge in [0.25, 0.3) is 0 Å². The molecule has 1 aromatic rings. The van der Waals surface area contributed by atoms with Crippen molar-refractivity contribution >= 4 is 15.9 Å². The van der Waals surface area contributed by atoms with E-state index < -0.39 is 9.84 Å². The zero-order chi connectivity index (χ0) is 12.0. The summed E-state index contributed by atoms with van der Waals surface area (Å²) in [6.45, 7) is 5.32. The van der Waals surface area contributed by atoms with E-state index in [1.165, 1.54) is 0 Å². The molecule has 0 bridgehead atoms. The van der Waals surface area contributed by atoms with Gasteiger partial charge in [-0.25, -0.2) is 8.42 Å². The van der Waals surface area contributed by atoms with Gasteiger partial charge in [0.15, 0.2) is 9.84 Å². The highest BCUT2D eigenvalue weighted by molar-refractivity contribution is 7.91. The quantitative estimate of drug-likeness (QED) is 0.737. The number of sulfone groups is 1. The van der Waals surface area contributed by atoms with E-state index in [1.807, 2.05) is 36.4 Å². The molecular formula is C13H16O2S. The molecule has 0 heterocycles. The molecule has 1 aromatic carbocycles. The summed E-state index contributed by atoms with van der Waals surface area (Å²) in [5, 5.41) is 0. The minimum atomic E-state index is -3.04. The lowest BCUT2D eigenvalue weighted by atomic mass is 10.2. The zero-order valence-electron chi connectivity index (χ0n) is 9.39. The van der Waals surface area contributed by atoms with E-state index in [9.17, 15) is 8.42 Å². The number of hydrogen-bond acceptors (Lipinski definition) is 2. The summed E-state index contributed by atoms with van der Waals surface area (Å²) >= 11 is 0. The van der Waals surface area contributed by atoms with Gasteiger partial charge in [0, 0.05) is 0 Å². The highest BCUT2D eigenvalue weighted by Crippen LogP contribution is 2.03. The maximum absolute atomic E-state index is 11.5. The van der Waals surface area contributed by atoms with E-state index in [2.05, 4.69) is 6.58 Å². The van der Waals surface area contributed by atoms with E-state index in [0.29, 0.717) is 5.57 Å². The smallest absolute Gasteiger partial charge is 0.157 e. The fraction of sp³-hybridized carbons (Fsp3) is 0.231. The second-order valence-electron chi connectivity index (χ2n) is 3.82. The highest BCUT2D eigenvalue weighted by atomic mass is 32.2. The Labute approximate surface area is 97.2 Å². The fourth-order valence-electron chi connectivity index (χ4n) is 1.33. The molecule has 0 saturated heterocycles. The molecule has 0 aromatic heterocycles. The van der Waals surface area contributed by atoms with Crippen molar-refractivity contribution in [1.29, 1.82) is 0 Å². The molecule has 0 amide bonds. The van der Waals surface area contributed by atoms with Crippen LogP contribution in [-0.2, 0) is 9.84 Å². The van der Waals surface area contributed by atoms with E-state index in [4.69, 9.17) is 0 Å². The van der Waals surface area contributed by atoms with Crippen LogP contribution in [0, 0.1) is 0 Å². The Morgan fingerprint density at radius 3 is 2.50 bits per heavy atom. The lowest BCUT2D eigenvalue weighted by Gasteiger charge is -1.99. The van der Waals surface area contributed by atoms with Crippen LogP contribution < -0.4 is 0 Å². The van der Waals surface area contributed by atoms with Gasteiger partial charge in [-0.2, -0.15) is 0 Å².